The number of rotatable bonds is 5. The molecule has 1 saturated heterocycles. The van der Waals surface area contributed by atoms with Crippen LogP contribution in [0.15, 0.2) is 54.6 Å². The van der Waals surface area contributed by atoms with Gasteiger partial charge >= 0.3 is 6.03 Å². The first-order valence-electron chi connectivity index (χ1n) is 9.59. The van der Waals surface area contributed by atoms with Gasteiger partial charge in [-0.2, -0.15) is 0 Å². The number of hydrogen-bond acceptors (Lipinski definition) is 5. The molecule has 1 atom stereocenters. The maximum absolute atomic E-state index is 13.0. The summed E-state index contributed by atoms with van der Waals surface area (Å²) in [4.78, 5) is 26.8. The molecule has 9 heteroatoms. The fourth-order valence-corrected chi connectivity index (χ4v) is 4.21. The first kappa shape index (κ1) is 20.0. The van der Waals surface area contributed by atoms with Gasteiger partial charge in [-0.25, -0.2) is 9.18 Å². The van der Waals surface area contributed by atoms with Crippen LogP contribution in [0, 0.1) is 5.82 Å². The second-order valence-electron chi connectivity index (χ2n) is 6.90. The molecule has 0 spiro atoms. The minimum atomic E-state index is -0.413. The molecular weight excluding hydrogens is 405 g/mol. The van der Waals surface area contributed by atoms with Crippen LogP contribution in [0.25, 0.3) is 0 Å². The summed E-state index contributed by atoms with van der Waals surface area (Å²) < 4.78 is 13.0. The third-order valence-electron chi connectivity index (χ3n) is 4.82. The normalized spacial score (nSPS) is 15.8. The summed E-state index contributed by atoms with van der Waals surface area (Å²) in [6.07, 6.45) is 1.63. The second kappa shape index (κ2) is 9.00. The lowest BCUT2D eigenvalue weighted by Crippen LogP contribution is -2.39. The predicted octanol–water partition coefficient (Wildman–Crippen LogP) is 3.98. The van der Waals surface area contributed by atoms with Gasteiger partial charge in [0.1, 0.15) is 10.8 Å². The maximum atomic E-state index is 13.0. The van der Waals surface area contributed by atoms with E-state index in [0.29, 0.717) is 23.8 Å². The van der Waals surface area contributed by atoms with Crippen LogP contribution in [0.5, 0.6) is 0 Å². The molecule has 2 aromatic carbocycles. The van der Waals surface area contributed by atoms with Crippen LogP contribution in [0.3, 0.4) is 0 Å². The summed E-state index contributed by atoms with van der Waals surface area (Å²) >= 11 is 1.17. The van der Waals surface area contributed by atoms with E-state index >= 15 is 0 Å². The quantitative estimate of drug-likeness (QED) is 0.647. The van der Waals surface area contributed by atoms with Crippen molar-refractivity contribution in [2.75, 3.05) is 11.9 Å². The van der Waals surface area contributed by atoms with Crippen molar-refractivity contribution in [1.82, 2.24) is 20.4 Å². The summed E-state index contributed by atoms with van der Waals surface area (Å²) in [7, 11) is 0. The van der Waals surface area contributed by atoms with Gasteiger partial charge in [0.25, 0.3) is 5.91 Å². The van der Waals surface area contributed by atoms with Crippen molar-refractivity contribution in [1.29, 1.82) is 0 Å². The number of carbonyl (C=O) groups is 2. The lowest BCUT2D eigenvalue weighted by atomic mass is 10.2. The number of nitrogens with one attached hydrogen (secondary N) is 2. The lowest BCUT2D eigenvalue weighted by Gasteiger charge is -2.23. The molecule has 0 saturated carbocycles. The molecule has 1 aliphatic heterocycles. The number of benzene rings is 2. The van der Waals surface area contributed by atoms with Crippen molar-refractivity contribution in [3.63, 3.8) is 0 Å². The van der Waals surface area contributed by atoms with Crippen molar-refractivity contribution in [3.05, 3.63) is 76.0 Å². The number of likely N-dealkylation sites (tertiary alicyclic amines) is 1. The highest BCUT2D eigenvalue weighted by molar-refractivity contribution is 7.13. The van der Waals surface area contributed by atoms with Gasteiger partial charge in [-0.1, -0.05) is 41.7 Å². The highest BCUT2D eigenvalue weighted by atomic mass is 32.1. The Morgan fingerprint density at radius 2 is 1.87 bits per heavy atom. The van der Waals surface area contributed by atoms with E-state index in [1.54, 1.807) is 4.90 Å². The zero-order valence-electron chi connectivity index (χ0n) is 16.0. The Balaban J connectivity index is 1.39. The Labute approximate surface area is 176 Å². The van der Waals surface area contributed by atoms with Crippen LogP contribution in [-0.4, -0.2) is 33.6 Å². The van der Waals surface area contributed by atoms with Crippen LogP contribution in [-0.2, 0) is 6.54 Å². The highest BCUT2D eigenvalue weighted by Gasteiger charge is 2.33. The van der Waals surface area contributed by atoms with Gasteiger partial charge in [0.05, 0.1) is 6.04 Å². The standard InChI is InChI=1S/C21H20FN5O2S/c22-15-8-10-16(11-9-15)24-18(28)20-26-25-19(30-20)17-7-4-12-27(17)21(29)23-13-14-5-2-1-3-6-14/h1-3,5-6,8-11,17H,4,7,12-13H2,(H,23,29)(H,24,28). The van der Waals surface area contributed by atoms with Crippen LogP contribution in [0.4, 0.5) is 14.9 Å². The van der Waals surface area contributed by atoms with E-state index in [4.69, 9.17) is 0 Å². The van der Waals surface area contributed by atoms with Crippen molar-refractivity contribution in [2.45, 2.75) is 25.4 Å². The molecule has 3 amide bonds. The topological polar surface area (TPSA) is 87.2 Å². The molecular formula is C21H20FN5O2S. The number of carbonyl (C=O) groups excluding carboxylic acids is 2. The number of nitrogens with zero attached hydrogens (tertiary/aromatic N) is 3. The number of aromatic nitrogens is 2. The molecule has 1 fully saturated rings. The van der Waals surface area contributed by atoms with E-state index in [1.165, 1.54) is 35.6 Å². The van der Waals surface area contributed by atoms with Gasteiger partial charge in [0.15, 0.2) is 0 Å². The minimum absolute atomic E-state index is 0.158. The molecule has 3 aromatic rings. The van der Waals surface area contributed by atoms with Gasteiger partial charge in [-0.3, -0.25) is 4.79 Å². The van der Waals surface area contributed by atoms with Crippen molar-refractivity contribution in [2.24, 2.45) is 0 Å². The third-order valence-corrected chi connectivity index (χ3v) is 5.85. The van der Waals surface area contributed by atoms with Crippen LogP contribution in [0.1, 0.15) is 39.3 Å². The highest BCUT2D eigenvalue weighted by Crippen LogP contribution is 2.33. The number of urea groups is 1. The Kier molecular flexibility index (Phi) is 5.99. The largest absolute Gasteiger partial charge is 0.334 e. The fraction of sp³-hybridized carbons (Fsp3) is 0.238. The fourth-order valence-electron chi connectivity index (χ4n) is 3.32. The molecule has 2 N–H and O–H groups in total. The SMILES string of the molecule is O=C(Nc1ccc(F)cc1)c1nnc(C2CCCN2C(=O)NCc2ccccc2)s1. The monoisotopic (exact) mass is 425 g/mol. The average Bonchev–Trinajstić information content (AvgIpc) is 3.44. The zero-order chi connectivity index (χ0) is 20.9. The van der Waals surface area contributed by atoms with Gasteiger partial charge in [0.2, 0.25) is 5.01 Å². The summed E-state index contributed by atoms with van der Waals surface area (Å²) in [5.74, 6) is -0.790. The molecule has 2 heterocycles. The van der Waals surface area contributed by atoms with Gasteiger partial charge in [-0.15, -0.1) is 10.2 Å². The number of amides is 3. The van der Waals surface area contributed by atoms with E-state index < -0.39 is 5.91 Å². The summed E-state index contributed by atoms with van der Waals surface area (Å²) in [6.45, 7) is 1.08. The smallest absolute Gasteiger partial charge is 0.318 e. The molecule has 0 radical (unpaired) electrons. The zero-order valence-corrected chi connectivity index (χ0v) is 16.9. The number of halogens is 1. The first-order chi connectivity index (χ1) is 14.6. The minimum Gasteiger partial charge on any atom is -0.334 e. The van der Waals surface area contributed by atoms with E-state index in [1.807, 2.05) is 30.3 Å². The summed E-state index contributed by atoms with van der Waals surface area (Å²) in [5, 5.41) is 14.6. The summed E-state index contributed by atoms with van der Waals surface area (Å²) in [6, 6.07) is 14.8. The maximum Gasteiger partial charge on any atom is 0.318 e. The van der Waals surface area contributed by atoms with Gasteiger partial charge in [0, 0.05) is 18.8 Å². The Hall–Kier alpha value is -3.33. The van der Waals surface area contributed by atoms with E-state index in [9.17, 15) is 14.0 Å². The Bertz CT molecular complexity index is 1030. The second-order valence-corrected chi connectivity index (χ2v) is 7.91. The molecule has 1 aromatic heterocycles. The van der Waals surface area contributed by atoms with Gasteiger partial charge < -0.3 is 15.5 Å². The lowest BCUT2D eigenvalue weighted by molar-refractivity contribution is 0.102. The number of anilines is 1. The summed E-state index contributed by atoms with van der Waals surface area (Å²) in [5.41, 5.74) is 1.50. The van der Waals surface area contributed by atoms with Crippen molar-refractivity contribution in [3.8, 4) is 0 Å². The molecule has 30 heavy (non-hydrogen) atoms. The Morgan fingerprint density at radius 3 is 2.63 bits per heavy atom. The molecule has 4 rings (SSSR count). The van der Waals surface area contributed by atoms with Crippen molar-refractivity contribution >= 4 is 29.0 Å². The van der Waals surface area contributed by atoms with E-state index in [-0.39, 0.29) is 22.9 Å². The first-order valence-corrected chi connectivity index (χ1v) is 10.4. The van der Waals surface area contributed by atoms with E-state index in [0.717, 1.165) is 18.4 Å². The molecule has 1 aliphatic rings. The van der Waals surface area contributed by atoms with Crippen LogP contribution < -0.4 is 10.6 Å². The van der Waals surface area contributed by atoms with Gasteiger partial charge in [-0.05, 0) is 42.7 Å². The van der Waals surface area contributed by atoms with E-state index in [2.05, 4.69) is 20.8 Å². The Morgan fingerprint density at radius 1 is 1.10 bits per heavy atom. The molecule has 7 nitrogen and oxygen atoms in total. The molecule has 154 valence electrons. The van der Waals surface area contributed by atoms with Crippen molar-refractivity contribution < 1.29 is 14.0 Å². The average molecular weight is 425 g/mol. The van der Waals surface area contributed by atoms with Crippen LogP contribution in [0.2, 0.25) is 0 Å². The van der Waals surface area contributed by atoms with Crippen LogP contribution >= 0.6 is 11.3 Å². The number of hydrogen-bond donors (Lipinski definition) is 2. The molecule has 0 aliphatic carbocycles. The molecule has 1 unspecified atom stereocenters. The third kappa shape index (κ3) is 4.62. The molecule has 0 bridgehead atoms. The predicted molar refractivity (Wildman–Crippen MR) is 112 cm³/mol.